The van der Waals surface area contributed by atoms with Crippen LogP contribution in [0.25, 0.3) is 10.9 Å². The van der Waals surface area contributed by atoms with Crippen LogP contribution in [0.3, 0.4) is 0 Å². The lowest BCUT2D eigenvalue weighted by molar-refractivity contribution is 0.199. The van der Waals surface area contributed by atoms with Crippen LogP contribution in [0.15, 0.2) is 35.1 Å². The van der Waals surface area contributed by atoms with Crippen molar-refractivity contribution in [2.45, 2.75) is 19.5 Å². The van der Waals surface area contributed by atoms with Gasteiger partial charge in [0.05, 0.1) is 0 Å². The van der Waals surface area contributed by atoms with Crippen LogP contribution in [0.4, 0.5) is 0 Å². The van der Waals surface area contributed by atoms with Gasteiger partial charge >= 0.3 is 0 Å². The first-order chi connectivity index (χ1) is 9.22. The summed E-state index contributed by atoms with van der Waals surface area (Å²) in [5.41, 5.74) is 1.79. The zero-order valence-electron chi connectivity index (χ0n) is 11.1. The standard InChI is InChI=1S/C15H19N3O/c1-11-9-18(7-6-16-11)10-13-8-12-4-2-3-5-14(12)17-15(13)19/h2-5,8,11,16H,6-7,9-10H2,1H3,(H,17,19). The molecule has 0 bridgehead atoms. The number of pyridine rings is 1. The van der Waals surface area contributed by atoms with Crippen LogP contribution >= 0.6 is 0 Å². The van der Waals surface area contributed by atoms with Crippen molar-refractivity contribution in [2.24, 2.45) is 0 Å². The van der Waals surface area contributed by atoms with Crippen molar-refractivity contribution >= 4 is 10.9 Å². The lowest BCUT2D eigenvalue weighted by Gasteiger charge is -2.31. The fourth-order valence-electron chi connectivity index (χ4n) is 2.71. The van der Waals surface area contributed by atoms with E-state index in [2.05, 4.69) is 22.1 Å². The van der Waals surface area contributed by atoms with E-state index >= 15 is 0 Å². The molecule has 0 radical (unpaired) electrons. The summed E-state index contributed by atoms with van der Waals surface area (Å²) in [5, 5.41) is 4.51. The molecular weight excluding hydrogens is 238 g/mol. The maximum Gasteiger partial charge on any atom is 0.252 e. The molecule has 1 aromatic heterocycles. The molecule has 1 atom stereocenters. The predicted molar refractivity (Wildman–Crippen MR) is 77.3 cm³/mol. The molecular formula is C15H19N3O. The highest BCUT2D eigenvalue weighted by Crippen LogP contribution is 2.12. The Bertz CT molecular complexity index is 635. The summed E-state index contributed by atoms with van der Waals surface area (Å²) >= 11 is 0. The van der Waals surface area contributed by atoms with Crippen molar-refractivity contribution in [3.05, 3.63) is 46.2 Å². The molecule has 1 aromatic carbocycles. The van der Waals surface area contributed by atoms with Gasteiger partial charge in [-0.15, -0.1) is 0 Å². The number of aromatic amines is 1. The third-order valence-corrected chi connectivity index (χ3v) is 3.68. The van der Waals surface area contributed by atoms with E-state index in [4.69, 9.17) is 0 Å². The van der Waals surface area contributed by atoms with Crippen LogP contribution in [-0.4, -0.2) is 35.6 Å². The molecule has 4 heteroatoms. The lowest BCUT2D eigenvalue weighted by atomic mass is 10.1. The van der Waals surface area contributed by atoms with E-state index in [9.17, 15) is 4.79 Å². The highest BCUT2D eigenvalue weighted by molar-refractivity contribution is 5.78. The van der Waals surface area contributed by atoms with E-state index in [0.29, 0.717) is 6.04 Å². The van der Waals surface area contributed by atoms with Crippen molar-refractivity contribution in [1.29, 1.82) is 0 Å². The maximum atomic E-state index is 12.1. The normalized spacial score (nSPS) is 20.8. The number of nitrogens with zero attached hydrogens (tertiary/aromatic N) is 1. The number of benzene rings is 1. The molecule has 1 unspecified atom stereocenters. The summed E-state index contributed by atoms with van der Waals surface area (Å²) < 4.78 is 0. The van der Waals surface area contributed by atoms with Crippen LogP contribution in [0.2, 0.25) is 0 Å². The molecule has 0 saturated carbocycles. The number of rotatable bonds is 2. The van der Waals surface area contributed by atoms with Crippen LogP contribution < -0.4 is 10.9 Å². The number of fused-ring (bicyclic) bond motifs is 1. The summed E-state index contributed by atoms with van der Waals surface area (Å²) in [5.74, 6) is 0. The van der Waals surface area contributed by atoms with E-state index in [1.165, 1.54) is 0 Å². The Morgan fingerprint density at radius 1 is 1.37 bits per heavy atom. The maximum absolute atomic E-state index is 12.1. The van der Waals surface area contributed by atoms with Gasteiger partial charge in [-0.05, 0) is 24.4 Å². The van der Waals surface area contributed by atoms with Gasteiger partial charge in [-0.3, -0.25) is 9.69 Å². The van der Waals surface area contributed by atoms with E-state index in [-0.39, 0.29) is 5.56 Å². The molecule has 100 valence electrons. The first-order valence-corrected chi connectivity index (χ1v) is 6.79. The van der Waals surface area contributed by atoms with Crippen LogP contribution in [0.5, 0.6) is 0 Å². The average molecular weight is 257 g/mol. The van der Waals surface area contributed by atoms with E-state index in [1.54, 1.807) is 0 Å². The highest BCUT2D eigenvalue weighted by atomic mass is 16.1. The lowest BCUT2D eigenvalue weighted by Crippen LogP contribution is -2.49. The largest absolute Gasteiger partial charge is 0.322 e. The molecule has 0 aliphatic carbocycles. The van der Waals surface area contributed by atoms with Crippen molar-refractivity contribution in [1.82, 2.24) is 15.2 Å². The summed E-state index contributed by atoms with van der Waals surface area (Å²) in [6.45, 7) is 5.89. The Balaban J connectivity index is 1.88. The zero-order chi connectivity index (χ0) is 13.2. The molecule has 2 N–H and O–H groups in total. The van der Waals surface area contributed by atoms with Crippen LogP contribution in [0.1, 0.15) is 12.5 Å². The number of hydrogen-bond donors (Lipinski definition) is 2. The van der Waals surface area contributed by atoms with Gasteiger partial charge in [0, 0.05) is 43.3 Å². The Morgan fingerprint density at radius 2 is 2.21 bits per heavy atom. The van der Waals surface area contributed by atoms with E-state index in [1.807, 2.05) is 30.3 Å². The van der Waals surface area contributed by atoms with Crippen molar-refractivity contribution in [3.63, 3.8) is 0 Å². The quantitative estimate of drug-likeness (QED) is 0.853. The first-order valence-electron chi connectivity index (χ1n) is 6.79. The van der Waals surface area contributed by atoms with Gasteiger partial charge in [0.1, 0.15) is 0 Å². The SMILES string of the molecule is CC1CN(Cc2cc3ccccc3[nH]c2=O)CCN1. The second kappa shape index (κ2) is 5.15. The molecule has 3 rings (SSSR count). The Morgan fingerprint density at radius 3 is 3.05 bits per heavy atom. The third kappa shape index (κ3) is 2.69. The van der Waals surface area contributed by atoms with Crippen LogP contribution in [0, 0.1) is 0 Å². The minimum Gasteiger partial charge on any atom is -0.322 e. The van der Waals surface area contributed by atoms with Gasteiger partial charge in [0.2, 0.25) is 0 Å². The first kappa shape index (κ1) is 12.4. The average Bonchev–Trinajstić information content (AvgIpc) is 2.40. The Hall–Kier alpha value is -1.65. The predicted octanol–water partition coefficient (Wildman–Crippen LogP) is 1.32. The molecule has 1 aliphatic heterocycles. The molecule has 19 heavy (non-hydrogen) atoms. The van der Waals surface area contributed by atoms with Gasteiger partial charge in [0.15, 0.2) is 0 Å². The summed E-state index contributed by atoms with van der Waals surface area (Å²) in [6.07, 6.45) is 0. The molecule has 1 fully saturated rings. The van der Waals surface area contributed by atoms with Gasteiger partial charge in [0.25, 0.3) is 5.56 Å². The van der Waals surface area contributed by atoms with E-state index < -0.39 is 0 Å². The fourth-order valence-corrected chi connectivity index (χ4v) is 2.71. The van der Waals surface area contributed by atoms with Gasteiger partial charge in [-0.1, -0.05) is 18.2 Å². The number of nitrogens with one attached hydrogen (secondary N) is 2. The van der Waals surface area contributed by atoms with Crippen LogP contribution in [-0.2, 0) is 6.54 Å². The van der Waals surface area contributed by atoms with Crippen molar-refractivity contribution < 1.29 is 0 Å². The monoisotopic (exact) mass is 257 g/mol. The molecule has 4 nitrogen and oxygen atoms in total. The zero-order valence-corrected chi connectivity index (χ0v) is 11.1. The van der Waals surface area contributed by atoms with Gasteiger partial charge in [-0.25, -0.2) is 0 Å². The number of piperazine rings is 1. The molecule has 0 spiro atoms. The number of hydrogen-bond acceptors (Lipinski definition) is 3. The second-order valence-corrected chi connectivity index (χ2v) is 5.30. The van der Waals surface area contributed by atoms with E-state index in [0.717, 1.165) is 42.6 Å². The highest BCUT2D eigenvalue weighted by Gasteiger charge is 2.16. The van der Waals surface area contributed by atoms with Crippen molar-refractivity contribution in [2.75, 3.05) is 19.6 Å². The second-order valence-electron chi connectivity index (χ2n) is 5.30. The Labute approximate surface area is 112 Å². The topological polar surface area (TPSA) is 48.1 Å². The molecule has 1 saturated heterocycles. The number of H-pyrrole nitrogens is 1. The molecule has 0 amide bonds. The fraction of sp³-hybridized carbons (Fsp3) is 0.400. The molecule has 2 aromatic rings. The molecule has 1 aliphatic rings. The summed E-state index contributed by atoms with van der Waals surface area (Å²) in [6, 6.07) is 10.4. The summed E-state index contributed by atoms with van der Waals surface area (Å²) in [4.78, 5) is 17.4. The van der Waals surface area contributed by atoms with Gasteiger partial charge in [-0.2, -0.15) is 0 Å². The number of aromatic nitrogens is 1. The van der Waals surface area contributed by atoms with Gasteiger partial charge < -0.3 is 10.3 Å². The minimum absolute atomic E-state index is 0.0323. The third-order valence-electron chi connectivity index (χ3n) is 3.68. The smallest absolute Gasteiger partial charge is 0.252 e. The Kier molecular flexibility index (Phi) is 3.36. The minimum atomic E-state index is 0.0323. The van der Waals surface area contributed by atoms with Crippen molar-refractivity contribution in [3.8, 4) is 0 Å². The summed E-state index contributed by atoms with van der Waals surface area (Å²) in [7, 11) is 0. The number of para-hydroxylation sites is 1. The molecule has 2 heterocycles.